The van der Waals surface area contributed by atoms with Crippen molar-refractivity contribution in [3.8, 4) is 11.5 Å². The molecule has 0 bridgehead atoms. The van der Waals surface area contributed by atoms with Crippen LogP contribution in [0.25, 0.3) is 0 Å². The summed E-state index contributed by atoms with van der Waals surface area (Å²) in [5.74, 6) is 1.91. The van der Waals surface area contributed by atoms with Crippen LogP contribution in [-0.2, 0) is 13.0 Å². The van der Waals surface area contributed by atoms with Crippen molar-refractivity contribution in [3.05, 3.63) is 40.1 Å². The standard InChI is InChI=1S/C17H21N3O2S.HI/c1-2-13-5-6-14(23-13)11-19-17(18)20-12-4-7-15-16(10-12)22-9-3-8-21-15;/h4-7,10H,2-3,8-9,11H2,1H3,(H3,18,19,20);1H. The zero-order valence-corrected chi connectivity index (χ0v) is 16.7. The zero-order valence-electron chi connectivity index (χ0n) is 13.6. The van der Waals surface area contributed by atoms with Crippen molar-refractivity contribution in [1.82, 2.24) is 0 Å². The van der Waals surface area contributed by atoms with Crippen molar-refractivity contribution in [2.45, 2.75) is 26.3 Å². The summed E-state index contributed by atoms with van der Waals surface area (Å²) in [7, 11) is 0. The topological polar surface area (TPSA) is 68.9 Å². The Balaban J connectivity index is 0.00000208. The van der Waals surface area contributed by atoms with Gasteiger partial charge in [0.2, 0.25) is 0 Å². The van der Waals surface area contributed by atoms with Gasteiger partial charge in [-0.1, -0.05) is 6.92 Å². The summed E-state index contributed by atoms with van der Waals surface area (Å²) in [4.78, 5) is 6.97. The van der Waals surface area contributed by atoms with E-state index >= 15 is 0 Å². The van der Waals surface area contributed by atoms with Gasteiger partial charge in [0.1, 0.15) is 0 Å². The van der Waals surface area contributed by atoms with Crippen molar-refractivity contribution in [3.63, 3.8) is 0 Å². The smallest absolute Gasteiger partial charge is 0.193 e. The van der Waals surface area contributed by atoms with Gasteiger partial charge < -0.3 is 20.5 Å². The van der Waals surface area contributed by atoms with E-state index in [1.807, 2.05) is 18.2 Å². The van der Waals surface area contributed by atoms with Crippen molar-refractivity contribution in [2.24, 2.45) is 10.7 Å². The Morgan fingerprint density at radius 1 is 1.17 bits per heavy atom. The number of hydrogen-bond donors (Lipinski definition) is 2. The van der Waals surface area contributed by atoms with E-state index in [0.29, 0.717) is 25.7 Å². The maximum absolute atomic E-state index is 5.97. The number of aryl methyl sites for hydroxylation is 1. The van der Waals surface area contributed by atoms with Crippen molar-refractivity contribution in [2.75, 3.05) is 18.5 Å². The highest BCUT2D eigenvalue weighted by Crippen LogP contribution is 2.32. The van der Waals surface area contributed by atoms with E-state index in [1.54, 1.807) is 11.3 Å². The molecule has 1 aliphatic rings. The van der Waals surface area contributed by atoms with Crippen LogP contribution < -0.4 is 20.5 Å². The van der Waals surface area contributed by atoms with Gasteiger partial charge in [-0.25, -0.2) is 4.99 Å². The molecule has 24 heavy (non-hydrogen) atoms. The third-order valence-corrected chi connectivity index (χ3v) is 4.71. The molecule has 0 saturated carbocycles. The van der Waals surface area contributed by atoms with Gasteiger partial charge in [-0.15, -0.1) is 35.3 Å². The lowest BCUT2D eigenvalue weighted by Gasteiger charge is -2.10. The molecule has 1 aliphatic heterocycles. The Labute approximate surface area is 163 Å². The van der Waals surface area contributed by atoms with Crippen LogP contribution in [-0.4, -0.2) is 19.2 Å². The predicted molar refractivity (Wildman–Crippen MR) is 110 cm³/mol. The van der Waals surface area contributed by atoms with Gasteiger partial charge in [0.15, 0.2) is 17.5 Å². The van der Waals surface area contributed by atoms with Gasteiger partial charge in [-0.05, 0) is 30.7 Å². The molecule has 0 saturated heterocycles. The lowest BCUT2D eigenvalue weighted by Crippen LogP contribution is -2.22. The number of nitrogens with two attached hydrogens (primary N) is 1. The molecule has 0 fully saturated rings. The summed E-state index contributed by atoms with van der Waals surface area (Å²) in [5, 5.41) is 3.10. The SMILES string of the molecule is CCc1ccc(CN=C(N)Nc2ccc3c(c2)OCCCO3)s1.I. The fourth-order valence-electron chi connectivity index (χ4n) is 2.29. The molecule has 1 aromatic carbocycles. The number of fused-ring (bicyclic) bond motifs is 1. The molecule has 5 nitrogen and oxygen atoms in total. The molecule has 0 aliphatic carbocycles. The number of hydrogen-bond acceptors (Lipinski definition) is 4. The molecule has 0 radical (unpaired) electrons. The summed E-state index contributed by atoms with van der Waals surface area (Å²) in [6.07, 6.45) is 1.95. The van der Waals surface area contributed by atoms with Crippen LogP contribution in [0.3, 0.4) is 0 Å². The number of ether oxygens (including phenoxy) is 2. The Hall–Kier alpha value is -1.48. The van der Waals surface area contributed by atoms with Gasteiger partial charge in [0.25, 0.3) is 0 Å². The van der Waals surface area contributed by atoms with Crippen molar-refractivity contribution < 1.29 is 9.47 Å². The number of aliphatic imine (C=N–C) groups is 1. The molecule has 2 aromatic rings. The summed E-state index contributed by atoms with van der Waals surface area (Å²) in [5.41, 5.74) is 6.81. The molecule has 0 spiro atoms. The molecule has 0 unspecified atom stereocenters. The summed E-state index contributed by atoms with van der Waals surface area (Å²) in [6.45, 7) is 4.09. The van der Waals surface area contributed by atoms with Crippen LogP contribution >= 0.6 is 35.3 Å². The second-order valence-electron chi connectivity index (χ2n) is 5.26. The average molecular weight is 459 g/mol. The summed E-state index contributed by atoms with van der Waals surface area (Å²) in [6, 6.07) is 9.94. The van der Waals surface area contributed by atoms with Crippen molar-refractivity contribution >= 4 is 47.0 Å². The molecule has 130 valence electrons. The van der Waals surface area contributed by atoms with Crippen molar-refractivity contribution in [1.29, 1.82) is 0 Å². The van der Waals surface area contributed by atoms with Crippen LogP contribution in [0.5, 0.6) is 11.5 Å². The number of anilines is 1. The first kappa shape index (κ1) is 18.9. The Morgan fingerprint density at radius 2 is 1.92 bits per heavy atom. The van der Waals surface area contributed by atoms with E-state index in [4.69, 9.17) is 15.2 Å². The molecular weight excluding hydrogens is 437 g/mol. The maximum Gasteiger partial charge on any atom is 0.193 e. The molecule has 1 aromatic heterocycles. The van der Waals surface area contributed by atoms with Crippen LogP contribution in [0.4, 0.5) is 5.69 Å². The second kappa shape index (κ2) is 9.12. The first-order chi connectivity index (χ1) is 11.2. The van der Waals surface area contributed by atoms with E-state index in [2.05, 4.69) is 29.4 Å². The molecular formula is C17H22IN3O2S. The van der Waals surface area contributed by atoms with Gasteiger partial charge in [-0.2, -0.15) is 0 Å². The molecule has 7 heteroatoms. The second-order valence-corrected chi connectivity index (χ2v) is 6.51. The average Bonchev–Trinajstić information content (AvgIpc) is 2.90. The third-order valence-electron chi connectivity index (χ3n) is 3.49. The van der Waals surface area contributed by atoms with Gasteiger partial charge in [0, 0.05) is 27.9 Å². The fourth-order valence-corrected chi connectivity index (χ4v) is 3.17. The quantitative estimate of drug-likeness (QED) is 0.412. The normalized spacial score (nSPS) is 13.8. The fraction of sp³-hybridized carbons (Fsp3) is 0.353. The first-order valence-corrected chi connectivity index (χ1v) is 8.60. The van der Waals surface area contributed by atoms with Gasteiger partial charge >= 0.3 is 0 Å². The maximum atomic E-state index is 5.97. The van der Waals surface area contributed by atoms with E-state index < -0.39 is 0 Å². The van der Waals surface area contributed by atoms with Gasteiger partial charge in [0.05, 0.1) is 19.8 Å². The van der Waals surface area contributed by atoms with Crippen LogP contribution in [0.2, 0.25) is 0 Å². The zero-order chi connectivity index (χ0) is 16.1. The number of nitrogens with zero attached hydrogens (tertiary/aromatic N) is 1. The van der Waals surface area contributed by atoms with E-state index in [0.717, 1.165) is 30.0 Å². The largest absolute Gasteiger partial charge is 0.490 e. The lowest BCUT2D eigenvalue weighted by molar-refractivity contribution is 0.297. The number of guanidine groups is 1. The minimum absolute atomic E-state index is 0. The van der Waals surface area contributed by atoms with Crippen LogP contribution in [0.15, 0.2) is 35.3 Å². The Bertz CT molecular complexity index is 703. The molecule has 0 amide bonds. The monoisotopic (exact) mass is 459 g/mol. The predicted octanol–water partition coefficient (Wildman–Crippen LogP) is 4.02. The highest BCUT2D eigenvalue weighted by atomic mass is 127. The first-order valence-electron chi connectivity index (χ1n) is 7.79. The third kappa shape index (κ3) is 5.01. The van der Waals surface area contributed by atoms with E-state index in [-0.39, 0.29) is 24.0 Å². The van der Waals surface area contributed by atoms with Gasteiger partial charge in [-0.3, -0.25) is 0 Å². The Kier molecular flexibility index (Phi) is 7.16. The molecule has 0 atom stereocenters. The van der Waals surface area contributed by atoms with E-state index in [9.17, 15) is 0 Å². The lowest BCUT2D eigenvalue weighted by atomic mass is 10.3. The minimum atomic E-state index is 0. The Morgan fingerprint density at radius 3 is 2.67 bits per heavy atom. The summed E-state index contributed by atoms with van der Waals surface area (Å²) >= 11 is 1.78. The highest BCUT2D eigenvalue weighted by Gasteiger charge is 2.10. The number of nitrogens with one attached hydrogen (secondary N) is 1. The van der Waals surface area contributed by atoms with Crippen LogP contribution in [0, 0.1) is 0 Å². The molecule has 2 heterocycles. The minimum Gasteiger partial charge on any atom is -0.490 e. The molecule has 3 N–H and O–H groups in total. The summed E-state index contributed by atoms with van der Waals surface area (Å²) < 4.78 is 11.3. The number of thiophene rings is 1. The van der Waals surface area contributed by atoms with Crippen LogP contribution in [0.1, 0.15) is 23.1 Å². The van der Waals surface area contributed by atoms with E-state index in [1.165, 1.54) is 9.75 Å². The molecule has 3 rings (SSSR count). The number of halogens is 1. The number of benzene rings is 1. The highest BCUT2D eigenvalue weighted by molar-refractivity contribution is 14.0. The number of rotatable bonds is 4.